The second kappa shape index (κ2) is 8.71. The number of halogens is 1. The molecule has 4 rings (SSSR count). The number of aromatic nitrogens is 2. The highest BCUT2D eigenvalue weighted by atomic mass is 35.5. The van der Waals surface area contributed by atoms with E-state index in [4.69, 9.17) is 11.6 Å². The monoisotopic (exact) mass is 466 g/mol. The maximum absolute atomic E-state index is 12.7. The Morgan fingerprint density at radius 2 is 1.88 bits per heavy atom. The van der Waals surface area contributed by atoms with Crippen molar-refractivity contribution < 1.29 is 9.90 Å². The highest BCUT2D eigenvalue weighted by Crippen LogP contribution is 2.34. The number of nitrogens with one attached hydrogen (secondary N) is 1. The molecule has 2 heterocycles. The van der Waals surface area contributed by atoms with Gasteiger partial charge in [-0.1, -0.05) is 55.8 Å². The first-order chi connectivity index (χ1) is 15.7. The average Bonchev–Trinajstić information content (AvgIpc) is 3.19. The molecule has 0 unspecified atom stereocenters. The smallest absolute Gasteiger partial charge is 0.335 e. The van der Waals surface area contributed by atoms with Gasteiger partial charge in [-0.05, 0) is 35.2 Å². The summed E-state index contributed by atoms with van der Waals surface area (Å²) in [6.07, 6.45) is 0.199. The SMILES string of the molecule is CC(=O)N1N=C(c2c(O)n(-c3cccc(Cl)c3)c(=O)[nH]c2=O)C[C@@H]1c1ccc(C(C)C)cc1. The fourth-order valence-corrected chi connectivity index (χ4v) is 4.14. The van der Waals surface area contributed by atoms with E-state index in [2.05, 4.69) is 23.9 Å². The number of nitrogens with zero attached hydrogens (tertiary/aromatic N) is 3. The summed E-state index contributed by atoms with van der Waals surface area (Å²) in [6.45, 7) is 5.58. The molecule has 9 heteroatoms. The van der Waals surface area contributed by atoms with Crippen molar-refractivity contribution in [3.05, 3.63) is 91.1 Å². The molecule has 2 aromatic carbocycles. The first-order valence-electron chi connectivity index (χ1n) is 10.5. The molecule has 8 nitrogen and oxygen atoms in total. The highest BCUT2D eigenvalue weighted by molar-refractivity contribution is 6.30. The Hall–Kier alpha value is -3.65. The number of aromatic amines is 1. The summed E-state index contributed by atoms with van der Waals surface area (Å²) in [7, 11) is 0. The van der Waals surface area contributed by atoms with Crippen LogP contribution in [0.1, 0.15) is 55.8 Å². The molecule has 33 heavy (non-hydrogen) atoms. The maximum atomic E-state index is 12.7. The summed E-state index contributed by atoms with van der Waals surface area (Å²) in [6, 6.07) is 13.7. The lowest BCUT2D eigenvalue weighted by atomic mass is 9.96. The van der Waals surface area contributed by atoms with E-state index in [9.17, 15) is 19.5 Å². The molecule has 2 N–H and O–H groups in total. The summed E-state index contributed by atoms with van der Waals surface area (Å²) in [5.41, 5.74) is 0.743. The van der Waals surface area contributed by atoms with Gasteiger partial charge in [-0.15, -0.1) is 0 Å². The minimum atomic E-state index is -0.814. The van der Waals surface area contributed by atoms with Gasteiger partial charge in [0.25, 0.3) is 5.56 Å². The second-order valence-corrected chi connectivity index (χ2v) is 8.66. The van der Waals surface area contributed by atoms with Gasteiger partial charge in [-0.25, -0.2) is 14.4 Å². The average molecular weight is 467 g/mol. The Labute approximate surface area is 194 Å². The molecular formula is C24H23ClN4O4. The number of rotatable bonds is 4. The van der Waals surface area contributed by atoms with E-state index in [1.165, 1.54) is 18.0 Å². The van der Waals surface area contributed by atoms with Crippen LogP contribution in [-0.4, -0.2) is 31.3 Å². The van der Waals surface area contributed by atoms with Crippen molar-refractivity contribution in [2.45, 2.75) is 39.2 Å². The van der Waals surface area contributed by atoms with Crippen LogP contribution >= 0.6 is 11.6 Å². The number of aromatic hydroxyl groups is 1. The summed E-state index contributed by atoms with van der Waals surface area (Å²) < 4.78 is 0.952. The van der Waals surface area contributed by atoms with E-state index in [-0.39, 0.29) is 29.3 Å². The number of benzene rings is 2. The molecule has 0 fully saturated rings. The van der Waals surface area contributed by atoms with Crippen molar-refractivity contribution in [1.29, 1.82) is 0 Å². The number of carbonyl (C=O) groups is 1. The van der Waals surface area contributed by atoms with Crippen molar-refractivity contribution in [3.8, 4) is 11.6 Å². The van der Waals surface area contributed by atoms with E-state index in [0.717, 1.165) is 15.7 Å². The molecule has 1 aromatic heterocycles. The molecule has 3 aromatic rings. The predicted octanol–water partition coefficient (Wildman–Crippen LogP) is 3.71. The highest BCUT2D eigenvalue weighted by Gasteiger charge is 2.34. The van der Waals surface area contributed by atoms with Gasteiger partial charge in [0.2, 0.25) is 11.8 Å². The fourth-order valence-electron chi connectivity index (χ4n) is 3.95. The number of hydrogen-bond donors (Lipinski definition) is 2. The van der Waals surface area contributed by atoms with Gasteiger partial charge in [0.1, 0.15) is 5.56 Å². The maximum Gasteiger partial charge on any atom is 0.335 e. The van der Waals surface area contributed by atoms with Gasteiger partial charge < -0.3 is 5.11 Å². The largest absolute Gasteiger partial charge is 0.493 e. The Balaban J connectivity index is 1.80. The third-order valence-corrected chi connectivity index (χ3v) is 5.90. The molecule has 0 aliphatic carbocycles. The summed E-state index contributed by atoms with van der Waals surface area (Å²) in [5, 5.41) is 17.0. The summed E-state index contributed by atoms with van der Waals surface area (Å²) in [4.78, 5) is 39.7. The topological polar surface area (TPSA) is 108 Å². The first kappa shape index (κ1) is 22.5. The first-order valence-corrected chi connectivity index (χ1v) is 10.9. The molecule has 1 aliphatic heterocycles. The van der Waals surface area contributed by atoms with Crippen LogP contribution in [0, 0.1) is 0 Å². The van der Waals surface area contributed by atoms with E-state index in [1.54, 1.807) is 18.2 Å². The number of carbonyl (C=O) groups excluding carboxylic acids is 1. The molecule has 0 bridgehead atoms. The number of amides is 1. The number of hydrogen-bond acceptors (Lipinski definition) is 5. The minimum absolute atomic E-state index is 0.165. The van der Waals surface area contributed by atoms with Gasteiger partial charge in [0.15, 0.2) is 0 Å². The molecule has 0 radical (unpaired) electrons. The molecule has 170 valence electrons. The third-order valence-electron chi connectivity index (χ3n) is 5.66. The summed E-state index contributed by atoms with van der Waals surface area (Å²) in [5.74, 6) is -0.507. The zero-order valence-electron chi connectivity index (χ0n) is 18.4. The molecule has 1 atom stereocenters. The lowest BCUT2D eigenvalue weighted by Gasteiger charge is -2.21. The lowest BCUT2D eigenvalue weighted by Crippen LogP contribution is -2.33. The van der Waals surface area contributed by atoms with Crippen molar-refractivity contribution >= 4 is 23.2 Å². The van der Waals surface area contributed by atoms with E-state index in [0.29, 0.717) is 10.9 Å². The number of H-pyrrole nitrogens is 1. The second-order valence-electron chi connectivity index (χ2n) is 8.22. The van der Waals surface area contributed by atoms with E-state index < -0.39 is 23.2 Å². The molecule has 0 saturated carbocycles. The van der Waals surface area contributed by atoms with Crippen LogP contribution in [-0.2, 0) is 4.79 Å². The Morgan fingerprint density at radius 1 is 1.18 bits per heavy atom. The Bertz CT molecular complexity index is 1370. The van der Waals surface area contributed by atoms with Gasteiger partial charge in [-0.2, -0.15) is 5.10 Å². The minimum Gasteiger partial charge on any atom is -0.493 e. The van der Waals surface area contributed by atoms with Gasteiger partial charge >= 0.3 is 5.69 Å². The van der Waals surface area contributed by atoms with Crippen LogP contribution in [0.25, 0.3) is 5.69 Å². The van der Waals surface area contributed by atoms with Crippen molar-refractivity contribution in [3.63, 3.8) is 0 Å². The molecule has 1 aliphatic rings. The van der Waals surface area contributed by atoms with E-state index >= 15 is 0 Å². The fraction of sp³-hybridized carbons (Fsp3) is 0.250. The zero-order chi connectivity index (χ0) is 23.9. The van der Waals surface area contributed by atoms with Crippen molar-refractivity contribution in [2.24, 2.45) is 5.10 Å². The third kappa shape index (κ3) is 4.21. The van der Waals surface area contributed by atoms with Crippen LogP contribution in [0.15, 0.2) is 63.2 Å². The van der Waals surface area contributed by atoms with Crippen LogP contribution in [0.2, 0.25) is 5.02 Å². The normalized spacial score (nSPS) is 15.7. The van der Waals surface area contributed by atoms with Gasteiger partial charge in [0.05, 0.1) is 17.4 Å². The van der Waals surface area contributed by atoms with Crippen LogP contribution in [0.4, 0.5) is 0 Å². The van der Waals surface area contributed by atoms with Gasteiger partial charge in [0, 0.05) is 18.4 Å². The molecule has 1 amide bonds. The van der Waals surface area contributed by atoms with Crippen LogP contribution in [0.3, 0.4) is 0 Å². The molecule has 0 spiro atoms. The van der Waals surface area contributed by atoms with Crippen molar-refractivity contribution in [1.82, 2.24) is 14.6 Å². The van der Waals surface area contributed by atoms with E-state index in [1.807, 2.05) is 24.3 Å². The quantitative estimate of drug-likeness (QED) is 0.611. The Morgan fingerprint density at radius 3 is 2.48 bits per heavy atom. The van der Waals surface area contributed by atoms with Crippen LogP contribution in [0.5, 0.6) is 5.88 Å². The Kier molecular flexibility index (Phi) is 5.95. The number of hydrazone groups is 1. The molecule has 0 saturated heterocycles. The standard InChI is InChI=1S/C24H23ClN4O4/c1-13(2)15-7-9-16(10-8-15)20-12-19(27-29(20)14(3)30)21-22(31)26-24(33)28(23(21)32)18-6-4-5-17(25)11-18/h4-11,13,20,32H,12H2,1-3H3,(H,26,31,33)/t20-/m1/s1. The zero-order valence-corrected chi connectivity index (χ0v) is 19.1. The lowest BCUT2D eigenvalue weighted by molar-refractivity contribution is -0.130. The predicted molar refractivity (Wildman–Crippen MR) is 126 cm³/mol. The van der Waals surface area contributed by atoms with Gasteiger partial charge in [-0.3, -0.25) is 14.6 Å². The van der Waals surface area contributed by atoms with Crippen LogP contribution < -0.4 is 11.2 Å². The summed E-state index contributed by atoms with van der Waals surface area (Å²) >= 11 is 6.03. The molecular weight excluding hydrogens is 444 g/mol. The van der Waals surface area contributed by atoms with Crippen molar-refractivity contribution in [2.75, 3.05) is 0 Å².